The molecular weight excluding hydrogens is 362 g/mol. The molecule has 0 fully saturated rings. The number of hydrogen-bond acceptors (Lipinski definition) is 5. The number of carbonyl (C=O) groups excluding carboxylic acids is 2. The van der Waals surface area contributed by atoms with Crippen LogP contribution in [0, 0.1) is 25.2 Å². The first-order chi connectivity index (χ1) is 13.3. The van der Waals surface area contributed by atoms with Crippen LogP contribution in [0.1, 0.15) is 28.8 Å². The van der Waals surface area contributed by atoms with Crippen molar-refractivity contribution in [3.63, 3.8) is 0 Å². The van der Waals surface area contributed by atoms with Crippen molar-refractivity contribution < 1.29 is 9.59 Å². The molecule has 9 nitrogen and oxygen atoms in total. The molecule has 0 radical (unpaired) electrons. The van der Waals surface area contributed by atoms with Gasteiger partial charge in [0.1, 0.15) is 18.2 Å². The molecule has 3 rings (SSSR count). The van der Waals surface area contributed by atoms with E-state index in [4.69, 9.17) is 0 Å². The molecule has 0 aliphatic carbocycles. The molecule has 2 N–H and O–H groups in total. The number of aromatic nitrogens is 2. The number of hydrogen-bond donors (Lipinski definition) is 2. The number of nitrogens with one attached hydrogen (secondary N) is 2. The number of fused-ring (bicyclic) bond motifs is 1. The van der Waals surface area contributed by atoms with E-state index >= 15 is 0 Å². The van der Waals surface area contributed by atoms with E-state index in [-0.39, 0.29) is 5.56 Å². The topological polar surface area (TPSA) is 126 Å². The maximum Gasteiger partial charge on any atom is 0.331 e. The Morgan fingerprint density at radius 3 is 2.68 bits per heavy atom. The fourth-order valence-corrected chi connectivity index (χ4v) is 3.31. The van der Waals surface area contributed by atoms with Crippen LogP contribution in [0.5, 0.6) is 0 Å². The van der Waals surface area contributed by atoms with E-state index in [0.717, 1.165) is 11.1 Å². The number of benzene rings is 1. The second kappa shape index (κ2) is 7.52. The molecule has 144 valence electrons. The SMILES string of the molecule is Cc1ccc(NC(=O)NC(=O)Cn2c(=O)c(C#N)c3n(c2=O)CCC3)c(C)c1. The molecule has 0 spiro atoms. The Morgan fingerprint density at radius 2 is 2.00 bits per heavy atom. The van der Waals surface area contributed by atoms with E-state index in [0.29, 0.717) is 35.3 Å². The average Bonchev–Trinajstić information content (AvgIpc) is 3.11. The summed E-state index contributed by atoms with van der Waals surface area (Å²) >= 11 is 0. The van der Waals surface area contributed by atoms with Gasteiger partial charge >= 0.3 is 11.7 Å². The highest BCUT2D eigenvalue weighted by Crippen LogP contribution is 2.16. The Balaban J connectivity index is 1.77. The number of nitriles is 1. The smallest absolute Gasteiger partial charge is 0.307 e. The molecule has 1 aliphatic heterocycles. The summed E-state index contributed by atoms with van der Waals surface area (Å²) in [5.74, 6) is -0.830. The molecule has 1 aliphatic rings. The van der Waals surface area contributed by atoms with Crippen LogP contribution in [0.3, 0.4) is 0 Å². The van der Waals surface area contributed by atoms with Gasteiger partial charge in [-0.15, -0.1) is 0 Å². The molecule has 9 heteroatoms. The molecule has 28 heavy (non-hydrogen) atoms. The number of carbonyl (C=O) groups is 2. The largest absolute Gasteiger partial charge is 0.331 e. The summed E-state index contributed by atoms with van der Waals surface area (Å²) in [5, 5.41) is 13.9. The van der Waals surface area contributed by atoms with Gasteiger partial charge in [0.15, 0.2) is 0 Å². The van der Waals surface area contributed by atoms with Crippen molar-refractivity contribution in [3.05, 3.63) is 61.4 Å². The minimum absolute atomic E-state index is 0.135. The minimum Gasteiger partial charge on any atom is -0.307 e. The predicted octanol–water partition coefficient (Wildman–Crippen LogP) is 0.793. The van der Waals surface area contributed by atoms with Gasteiger partial charge in [-0.25, -0.2) is 14.2 Å². The number of aryl methyl sites for hydroxylation is 2. The van der Waals surface area contributed by atoms with Crippen molar-refractivity contribution in [2.24, 2.45) is 0 Å². The molecule has 0 bridgehead atoms. The van der Waals surface area contributed by atoms with Crippen LogP contribution in [-0.4, -0.2) is 21.1 Å². The Labute approximate surface area is 160 Å². The first kappa shape index (κ1) is 19.1. The van der Waals surface area contributed by atoms with Crippen LogP contribution in [-0.2, 0) is 24.3 Å². The quantitative estimate of drug-likeness (QED) is 0.813. The predicted molar refractivity (Wildman–Crippen MR) is 101 cm³/mol. The highest BCUT2D eigenvalue weighted by Gasteiger charge is 2.23. The van der Waals surface area contributed by atoms with Crippen LogP contribution in [0.4, 0.5) is 10.5 Å². The lowest BCUT2D eigenvalue weighted by molar-refractivity contribution is -0.120. The fraction of sp³-hybridized carbons (Fsp3) is 0.316. The Hall–Kier alpha value is -3.67. The molecule has 0 atom stereocenters. The summed E-state index contributed by atoms with van der Waals surface area (Å²) in [6.45, 7) is 3.48. The minimum atomic E-state index is -0.830. The highest BCUT2D eigenvalue weighted by molar-refractivity contribution is 6.01. The normalized spacial score (nSPS) is 12.2. The number of anilines is 1. The van der Waals surface area contributed by atoms with Crippen LogP contribution < -0.4 is 21.9 Å². The Kier molecular flexibility index (Phi) is 5.13. The lowest BCUT2D eigenvalue weighted by Crippen LogP contribution is -2.46. The zero-order chi connectivity index (χ0) is 20.4. The lowest BCUT2D eigenvalue weighted by atomic mass is 10.1. The monoisotopic (exact) mass is 381 g/mol. The molecule has 2 heterocycles. The summed E-state index contributed by atoms with van der Waals surface area (Å²) in [7, 11) is 0. The van der Waals surface area contributed by atoms with Crippen molar-refractivity contribution in [3.8, 4) is 6.07 Å². The number of rotatable bonds is 3. The molecule has 1 aromatic heterocycles. The third kappa shape index (κ3) is 3.57. The van der Waals surface area contributed by atoms with Gasteiger partial charge in [-0.1, -0.05) is 17.7 Å². The number of amides is 3. The van der Waals surface area contributed by atoms with Gasteiger partial charge < -0.3 is 5.32 Å². The number of urea groups is 1. The summed E-state index contributed by atoms with van der Waals surface area (Å²) in [6, 6.07) is 6.46. The van der Waals surface area contributed by atoms with Crippen molar-refractivity contribution in [1.29, 1.82) is 5.26 Å². The standard InChI is InChI=1S/C19H19N5O4/c1-11-5-6-14(12(2)8-11)21-18(27)22-16(25)10-24-17(26)13(9-20)15-4-3-7-23(15)19(24)28/h5-6,8H,3-4,7,10H2,1-2H3,(H2,21,22,25,27). The fourth-order valence-electron chi connectivity index (χ4n) is 3.31. The van der Waals surface area contributed by atoms with E-state index in [1.165, 1.54) is 4.57 Å². The summed E-state index contributed by atoms with van der Waals surface area (Å²) in [6.07, 6.45) is 1.12. The van der Waals surface area contributed by atoms with E-state index in [1.54, 1.807) is 6.07 Å². The first-order valence-electron chi connectivity index (χ1n) is 8.76. The Bertz CT molecular complexity index is 1140. The summed E-state index contributed by atoms with van der Waals surface area (Å²) < 4.78 is 2.02. The molecule has 1 aromatic carbocycles. The average molecular weight is 381 g/mol. The molecule has 0 unspecified atom stereocenters. The lowest BCUT2D eigenvalue weighted by Gasteiger charge is -2.12. The third-order valence-corrected chi connectivity index (χ3v) is 4.63. The number of imide groups is 1. The van der Waals surface area contributed by atoms with Crippen molar-refractivity contribution in [2.45, 2.75) is 39.8 Å². The number of nitrogens with zero attached hydrogens (tertiary/aromatic N) is 3. The highest BCUT2D eigenvalue weighted by atomic mass is 16.2. The molecule has 0 saturated heterocycles. The molecule has 2 aromatic rings. The van der Waals surface area contributed by atoms with Crippen LogP contribution in [0.15, 0.2) is 27.8 Å². The van der Waals surface area contributed by atoms with Crippen molar-refractivity contribution >= 4 is 17.6 Å². The van der Waals surface area contributed by atoms with Crippen LogP contribution in [0.2, 0.25) is 0 Å². The molecular formula is C19H19N5O4. The van der Waals surface area contributed by atoms with Crippen molar-refractivity contribution in [2.75, 3.05) is 5.32 Å². The van der Waals surface area contributed by atoms with Crippen LogP contribution >= 0.6 is 0 Å². The van der Waals surface area contributed by atoms with E-state index in [9.17, 15) is 24.4 Å². The maximum atomic E-state index is 12.5. The maximum absolute atomic E-state index is 12.5. The second-order valence-electron chi connectivity index (χ2n) is 6.68. The van der Waals surface area contributed by atoms with E-state index < -0.39 is 29.7 Å². The van der Waals surface area contributed by atoms with Gasteiger partial charge in [0.25, 0.3) is 5.56 Å². The van der Waals surface area contributed by atoms with Crippen molar-refractivity contribution in [1.82, 2.24) is 14.5 Å². The first-order valence-corrected chi connectivity index (χ1v) is 8.76. The zero-order valence-corrected chi connectivity index (χ0v) is 15.5. The van der Waals surface area contributed by atoms with Crippen LogP contribution in [0.25, 0.3) is 0 Å². The Morgan fingerprint density at radius 1 is 1.25 bits per heavy atom. The van der Waals surface area contributed by atoms with Gasteiger partial charge in [-0.3, -0.25) is 19.5 Å². The second-order valence-corrected chi connectivity index (χ2v) is 6.68. The van der Waals surface area contributed by atoms with E-state index in [1.807, 2.05) is 32.0 Å². The van der Waals surface area contributed by atoms with Gasteiger partial charge in [-0.05, 0) is 38.3 Å². The van der Waals surface area contributed by atoms with Gasteiger partial charge in [0.2, 0.25) is 5.91 Å². The van der Waals surface area contributed by atoms with Gasteiger partial charge in [0, 0.05) is 17.9 Å². The van der Waals surface area contributed by atoms with Gasteiger partial charge in [0.05, 0.1) is 0 Å². The third-order valence-electron chi connectivity index (χ3n) is 4.63. The summed E-state index contributed by atoms with van der Waals surface area (Å²) in [4.78, 5) is 49.1. The van der Waals surface area contributed by atoms with E-state index in [2.05, 4.69) is 10.6 Å². The molecule has 0 saturated carbocycles. The molecule has 3 amide bonds. The van der Waals surface area contributed by atoms with Gasteiger partial charge in [-0.2, -0.15) is 5.26 Å². The zero-order valence-electron chi connectivity index (χ0n) is 15.5. The summed E-state index contributed by atoms with van der Waals surface area (Å²) in [5.41, 5.74) is 1.20.